The van der Waals surface area contributed by atoms with E-state index < -0.39 is 0 Å². The van der Waals surface area contributed by atoms with Crippen molar-refractivity contribution in [3.05, 3.63) is 64.6 Å². The van der Waals surface area contributed by atoms with Gasteiger partial charge in [-0.05, 0) is 23.8 Å². The highest BCUT2D eigenvalue weighted by atomic mass is 35.5. The number of aromatic nitrogens is 3. The number of halogens is 1. The standard InChI is InChI=1S/C14H9ClN4/c15-12-3-1-10(2-4-12)7-13-17-18-14-8-11(9-16)5-6-19(13)14/h1-6,8H,7H2. The predicted octanol–water partition coefficient (Wildman–Crippen LogP) is 2.85. The van der Waals surface area contributed by atoms with E-state index in [1.54, 1.807) is 12.1 Å². The molecule has 0 radical (unpaired) electrons. The Labute approximate surface area is 114 Å². The third-order valence-electron chi connectivity index (χ3n) is 2.89. The molecule has 4 nitrogen and oxygen atoms in total. The van der Waals surface area contributed by atoms with E-state index in [1.165, 1.54) is 0 Å². The molecule has 2 aromatic heterocycles. The second-order valence-electron chi connectivity index (χ2n) is 4.17. The SMILES string of the molecule is N#Cc1ccn2c(Cc3ccc(Cl)cc3)nnc2c1. The van der Waals surface area contributed by atoms with Gasteiger partial charge in [-0.3, -0.25) is 4.40 Å². The average molecular weight is 269 g/mol. The van der Waals surface area contributed by atoms with Gasteiger partial charge in [0.15, 0.2) is 5.65 Å². The molecule has 5 heteroatoms. The van der Waals surface area contributed by atoms with Gasteiger partial charge in [-0.25, -0.2) is 0 Å². The van der Waals surface area contributed by atoms with Crippen LogP contribution in [0.15, 0.2) is 42.6 Å². The first-order chi connectivity index (χ1) is 9.26. The Balaban J connectivity index is 1.97. The Kier molecular flexibility index (Phi) is 2.90. The van der Waals surface area contributed by atoms with Gasteiger partial charge in [-0.1, -0.05) is 23.7 Å². The molecule has 0 spiro atoms. The van der Waals surface area contributed by atoms with E-state index in [1.807, 2.05) is 34.9 Å². The van der Waals surface area contributed by atoms with Crippen molar-refractivity contribution in [1.82, 2.24) is 14.6 Å². The lowest BCUT2D eigenvalue weighted by atomic mass is 10.1. The Morgan fingerprint density at radius 1 is 1.16 bits per heavy atom. The van der Waals surface area contributed by atoms with E-state index in [4.69, 9.17) is 16.9 Å². The lowest BCUT2D eigenvalue weighted by Gasteiger charge is -2.01. The zero-order valence-corrected chi connectivity index (χ0v) is 10.7. The van der Waals surface area contributed by atoms with Gasteiger partial charge in [0, 0.05) is 23.7 Å². The molecule has 0 aliphatic carbocycles. The third-order valence-corrected chi connectivity index (χ3v) is 3.14. The third kappa shape index (κ3) is 2.28. The molecule has 0 bridgehead atoms. The number of benzene rings is 1. The molecule has 19 heavy (non-hydrogen) atoms. The van der Waals surface area contributed by atoms with Crippen molar-refractivity contribution in [2.75, 3.05) is 0 Å². The van der Waals surface area contributed by atoms with Gasteiger partial charge in [0.25, 0.3) is 0 Å². The van der Waals surface area contributed by atoms with Gasteiger partial charge < -0.3 is 0 Å². The van der Waals surface area contributed by atoms with Crippen LogP contribution in [0.25, 0.3) is 5.65 Å². The number of fused-ring (bicyclic) bond motifs is 1. The molecule has 1 aromatic carbocycles. The number of pyridine rings is 1. The number of hydrogen-bond donors (Lipinski definition) is 0. The molecule has 0 saturated carbocycles. The quantitative estimate of drug-likeness (QED) is 0.718. The maximum Gasteiger partial charge on any atom is 0.162 e. The van der Waals surface area contributed by atoms with Crippen molar-refractivity contribution in [3.8, 4) is 6.07 Å². The lowest BCUT2D eigenvalue weighted by molar-refractivity contribution is 0.934. The van der Waals surface area contributed by atoms with E-state index in [0.717, 1.165) is 11.4 Å². The first-order valence-corrected chi connectivity index (χ1v) is 6.12. The molecule has 3 aromatic rings. The van der Waals surface area contributed by atoms with Crippen LogP contribution in [-0.4, -0.2) is 14.6 Å². The Morgan fingerprint density at radius 2 is 1.95 bits per heavy atom. The van der Waals surface area contributed by atoms with Crippen molar-refractivity contribution < 1.29 is 0 Å². The molecule has 0 aliphatic heterocycles. The summed E-state index contributed by atoms with van der Waals surface area (Å²) >= 11 is 5.86. The fourth-order valence-corrected chi connectivity index (χ4v) is 2.04. The van der Waals surface area contributed by atoms with E-state index in [9.17, 15) is 0 Å². The number of hydrogen-bond acceptors (Lipinski definition) is 3. The predicted molar refractivity (Wildman–Crippen MR) is 72.0 cm³/mol. The van der Waals surface area contributed by atoms with Crippen molar-refractivity contribution in [3.63, 3.8) is 0 Å². The van der Waals surface area contributed by atoms with Gasteiger partial charge in [0.2, 0.25) is 0 Å². The monoisotopic (exact) mass is 268 g/mol. The van der Waals surface area contributed by atoms with Gasteiger partial charge in [0.1, 0.15) is 5.82 Å². The molecule has 0 aliphatic rings. The van der Waals surface area contributed by atoms with Crippen LogP contribution >= 0.6 is 11.6 Å². The summed E-state index contributed by atoms with van der Waals surface area (Å²) in [5.74, 6) is 0.835. The summed E-state index contributed by atoms with van der Waals surface area (Å²) in [5.41, 5.74) is 2.38. The average Bonchev–Trinajstić information content (AvgIpc) is 2.83. The van der Waals surface area contributed by atoms with Gasteiger partial charge in [0.05, 0.1) is 11.6 Å². The van der Waals surface area contributed by atoms with E-state index in [0.29, 0.717) is 22.7 Å². The Morgan fingerprint density at radius 3 is 2.68 bits per heavy atom. The minimum absolute atomic E-state index is 0.581. The van der Waals surface area contributed by atoms with Crippen LogP contribution in [0.4, 0.5) is 0 Å². The maximum absolute atomic E-state index is 8.85. The van der Waals surface area contributed by atoms with Crippen molar-refractivity contribution in [2.45, 2.75) is 6.42 Å². The van der Waals surface area contributed by atoms with Crippen molar-refractivity contribution in [1.29, 1.82) is 5.26 Å². The molecule has 2 heterocycles. The van der Waals surface area contributed by atoms with E-state index in [2.05, 4.69) is 16.3 Å². The Hall–Kier alpha value is -2.38. The molecular formula is C14H9ClN4. The second kappa shape index (κ2) is 4.71. The first kappa shape index (κ1) is 11.7. The van der Waals surface area contributed by atoms with Gasteiger partial charge in [-0.2, -0.15) is 5.26 Å². The summed E-state index contributed by atoms with van der Waals surface area (Å²) in [4.78, 5) is 0. The van der Waals surface area contributed by atoms with Crippen molar-refractivity contribution in [2.24, 2.45) is 0 Å². The van der Waals surface area contributed by atoms with E-state index >= 15 is 0 Å². The molecule has 0 amide bonds. The summed E-state index contributed by atoms with van der Waals surface area (Å²) < 4.78 is 1.88. The highest BCUT2D eigenvalue weighted by molar-refractivity contribution is 6.30. The van der Waals surface area contributed by atoms with Crippen LogP contribution < -0.4 is 0 Å². The first-order valence-electron chi connectivity index (χ1n) is 5.74. The molecule has 92 valence electrons. The summed E-state index contributed by atoms with van der Waals surface area (Å²) in [5, 5.41) is 17.8. The zero-order chi connectivity index (χ0) is 13.2. The summed E-state index contributed by atoms with van der Waals surface area (Å²) in [6.45, 7) is 0. The number of nitriles is 1. The molecule has 0 saturated heterocycles. The normalized spacial score (nSPS) is 10.5. The summed E-state index contributed by atoms with van der Waals surface area (Å²) in [6.07, 6.45) is 2.49. The largest absolute Gasteiger partial charge is 0.286 e. The van der Waals surface area contributed by atoms with E-state index in [-0.39, 0.29) is 0 Å². The van der Waals surface area contributed by atoms with Crippen LogP contribution in [0.1, 0.15) is 17.0 Å². The fraction of sp³-hybridized carbons (Fsp3) is 0.0714. The molecule has 0 atom stereocenters. The number of rotatable bonds is 2. The minimum Gasteiger partial charge on any atom is -0.286 e. The molecular weight excluding hydrogens is 260 g/mol. The fourth-order valence-electron chi connectivity index (χ4n) is 1.92. The molecule has 0 N–H and O–H groups in total. The molecule has 0 unspecified atom stereocenters. The number of nitrogens with zero attached hydrogens (tertiary/aromatic N) is 4. The summed E-state index contributed by atoms with van der Waals surface area (Å²) in [6, 6.07) is 13.2. The topological polar surface area (TPSA) is 54.0 Å². The highest BCUT2D eigenvalue weighted by Crippen LogP contribution is 2.14. The van der Waals surface area contributed by atoms with Gasteiger partial charge >= 0.3 is 0 Å². The van der Waals surface area contributed by atoms with Crippen molar-refractivity contribution >= 4 is 17.2 Å². The highest BCUT2D eigenvalue weighted by Gasteiger charge is 2.06. The van der Waals surface area contributed by atoms with Gasteiger partial charge in [-0.15, -0.1) is 10.2 Å². The van der Waals surface area contributed by atoms with Crippen LogP contribution in [0.3, 0.4) is 0 Å². The molecule has 0 fully saturated rings. The lowest BCUT2D eigenvalue weighted by Crippen LogP contribution is -1.96. The van der Waals surface area contributed by atoms with Crippen LogP contribution in [-0.2, 0) is 6.42 Å². The Bertz CT molecular complexity index is 768. The van der Waals surface area contributed by atoms with Crippen LogP contribution in [0.5, 0.6) is 0 Å². The van der Waals surface area contributed by atoms with Crippen LogP contribution in [0.2, 0.25) is 5.02 Å². The summed E-state index contributed by atoms with van der Waals surface area (Å²) in [7, 11) is 0. The molecule has 3 rings (SSSR count). The smallest absolute Gasteiger partial charge is 0.162 e. The second-order valence-corrected chi connectivity index (χ2v) is 4.61. The maximum atomic E-state index is 8.85. The van der Waals surface area contributed by atoms with Crippen LogP contribution in [0, 0.1) is 11.3 Å². The minimum atomic E-state index is 0.581. The zero-order valence-electron chi connectivity index (χ0n) is 9.92.